The number of fused-ring (bicyclic) bond motifs is 1. The van der Waals surface area contributed by atoms with Crippen LogP contribution in [0.3, 0.4) is 0 Å². The molecule has 1 fully saturated rings. The summed E-state index contributed by atoms with van der Waals surface area (Å²) in [5.74, 6) is 1.06. The number of rotatable bonds is 2. The zero-order chi connectivity index (χ0) is 21.8. The van der Waals surface area contributed by atoms with Gasteiger partial charge in [-0.1, -0.05) is 35.9 Å². The number of halogens is 1. The number of nitrogens with two attached hydrogens (primary N) is 3. The highest BCUT2D eigenvalue weighted by atomic mass is 35.5. The average Bonchev–Trinajstić information content (AvgIpc) is 3.02. The van der Waals surface area contributed by atoms with Crippen LogP contribution in [0, 0.1) is 10.8 Å². The van der Waals surface area contributed by atoms with Crippen molar-refractivity contribution < 1.29 is 0 Å². The van der Waals surface area contributed by atoms with Gasteiger partial charge in [-0.2, -0.15) is 0 Å². The van der Waals surface area contributed by atoms with Crippen molar-refractivity contribution in [2.24, 2.45) is 11.1 Å². The van der Waals surface area contributed by atoms with Gasteiger partial charge in [-0.05, 0) is 41.9 Å². The Labute approximate surface area is 185 Å². The zero-order valence-electron chi connectivity index (χ0n) is 17.2. The van der Waals surface area contributed by atoms with Crippen molar-refractivity contribution in [1.82, 2.24) is 9.97 Å². The van der Waals surface area contributed by atoms with E-state index >= 15 is 0 Å². The largest absolute Gasteiger partial charge is 0.398 e. The molecule has 1 saturated heterocycles. The van der Waals surface area contributed by atoms with Crippen molar-refractivity contribution >= 4 is 28.9 Å². The van der Waals surface area contributed by atoms with Gasteiger partial charge in [0.2, 0.25) is 0 Å². The van der Waals surface area contributed by atoms with Crippen molar-refractivity contribution in [3.63, 3.8) is 0 Å². The van der Waals surface area contributed by atoms with E-state index in [-0.39, 0.29) is 22.8 Å². The summed E-state index contributed by atoms with van der Waals surface area (Å²) in [4.78, 5) is 9.44. The van der Waals surface area contributed by atoms with Gasteiger partial charge in [0, 0.05) is 48.2 Å². The quantitative estimate of drug-likeness (QED) is 0.421. The lowest BCUT2D eigenvalue weighted by Gasteiger charge is -2.43. The van der Waals surface area contributed by atoms with E-state index in [9.17, 15) is 0 Å². The molecule has 7 nitrogen and oxygen atoms in total. The number of H-pyrrole nitrogens is 1. The standard InChI is InChI=1S/C23H26ClN7/c24-19-15(5-8-29-22(19)28)18-16(25)11-17(30-21(18)27)31-9-6-23(7-10-31)12-13-3-1-2-4-14(13)20(23)26/h1-5,8,11,20H,6-7,9-10,12,26H2,(H2,28,29)(H4,25,27,30)/t20-/m1/s1. The second-order valence-corrected chi connectivity index (χ2v) is 9.00. The number of aromatic amines is 1. The van der Waals surface area contributed by atoms with E-state index < -0.39 is 0 Å². The molecule has 8 N–H and O–H groups in total. The van der Waals surface area contributed by atoms with Crippen molar-refractivity contribution in [2.75, 3.05) is 29.5 Å². The number of nitrogen functional groups attached to an aromatic ring is 2. The Morgan fingerprint density at radius 3 is 2.61 bits per heavy atom. The summed E-state index contributed by atoms with van der Waals surface area (Å²) in [6.45, 7) is 1.72. The Balaban J connectivity index is 1.40. The fraction of sp³-hybridized carbons (Fsp3) is 0.304. The van der Waals surface area contributed by atoms with Gasteiger partial charge in [-0.15, -0.1) is 0 Å². The molecule has 8 heteroatoms. The van der Waals surface area contributed by atoms with Crippen LogP contribution in [0.4, 0.5) is 17.3 Å². The average molecular weight is 436 g/mol. The molecular weight excluding hydrogens is 410 g/mol. The maximum absolute atomic E-state index is 8.55. The number of hydrogen-bond acceptors (Lipinski definition) is 6. The number of aromatic nitrogens is 2. The van der Waals surface area contributed by atoms with Crippen LogP contribution in [-0.2, 0) is 6.42 Å². The van der Waals surface area contributed by atoms with Crippen molar-refractivity contribution in [1.29, 1.82) is 5.41 Å². The summed E-state index contributed by atoms with van der Waals surface area (Å²) < 4.78 is 0. The highest BCUT2D eigenvalue weighted by molar-refractivity contribution is 6.35. The second-order valence-electron chi connectivity index (χ2n) is 8.62. The number of benzene rings is 1. The number of anilines is 3. The Morgan fingerprint density at radius 2 is 1.90 bits per heavy atom. The highest BCUT2D eigenvalue weighted by Gasteiger charge is 2.45. The Kier molecular flexibility index (Phi) is 4.68. The van der Waals surface area contributed by atoms with Gasteiger partial charge in [0.25, 0.3) is 0 Å². The third-order valence-electron chi connectivity index (χ3n) is 6.96. The third kappa shape index (κ3) is 3.16. The highest BCUT2D eigenvalue weighted by Crippen LogP contribution is 2.51. The van der Waals surface area contributed by atoms with Gasteiger partial charge >= 0.3 is 0 Å². The molecule has 1 spiro atoms. The predicted molar refractivity (Wildman–Crippen MR) is 125 cm³/mol. The maximum atomic E-state index is 8.55. The topological polar surface area (TPSA) is 134 Å². The lowest BCUT2D eigenvalue weighted by atomic mass is 9.73. The van der Waals surface area contributed by atoms with Gasteiger partial charge in [0.05, 0.1) is 5.02 Å². The first-order valence-electron chi connectivity index (χ1n) is 10.5. The molecule has 3 heterocycles. The Hall–Kier alpha value is -3.03. The van der Waals surface area contributed by atoms with E-state index in [2.05, 4.69) is 39.1 Å². The molecule has 2 aliphatic rings. The molecule has 2 aromatic heterocycles. The fourth-order valence-corrected chi connectivity index (χ4v) is 5.41. The van der Waals surface area contributed by atoms with Crippen LogP contribution in [-0.4, -0.2) is 23.1 Å². The van der Waals surface area contributed by atoms with E-state index in [0.717, 1.165) is 38.2 Å². The van der Waals surface area contributed by atoms with Crippen molar-refractivity contribution in [3.8, 4) is 11.1 Å². The summed E-state index contributed by atoms with van der Waals surface area (Å²) in [5.41, 5.74) is 23.5. The van der Waals surface area contributed by atoms with Crippen LogP contribution in [0.25, 0.3) is 11.1 Å². The normalized spacial score (nSPS) is 19.5. The molecule has 0 amide bonds. The maximum Gasteiger partial charge on any atom is 0.142 e. The number of nitrogens with one attached hydrogen (secondary N) is 2. The van der Waals surface area contributed by atoms with Gasteiger partial charge in [-0.25, -0.2) is 4.98 Å². The van der Waals surface area contributed by atoms with Crippen LogP contribution in [0.5, 0.6) is 0 Å². The minimum absolute atomic E-state index is 0.0771. The van der Waals surface area contributed by atoms with Crippen LogP contribution in [0.1, 0.15) is 30.0 Å². The lowest BCUT2D eigenvalue weighted by Crippen LogP contribution is -2.45. The molecule has 0 bridgehead atoms. The Morgan fingerprint density at radius 1 is 1.16 bits per heavy atom. The summed E-state index contributed by atoms with van der Waals surface area (Å²) >= 11 is 6.32. The van der Waals surface area contributed by atoms with E-state index in [4.69, 9.17) is 34.2 Å². The van der Waals surface area contributed by atoms with E-state index in [1.165, 1.54) is 11.1 Å². The molecule has 1 atom stereocenters. The van der Waals surface area contributed by atoms with Crippen LogP contribution in [0.2, 0.25) is 5.02 Å². The van der Waals surface area contributed by atoms with Gasteiger partial charge in [0.1, 0.15) is 17.1 Å². The van der Waals surface area contributed by atoms with E-state index in [1.807, 2.05) is 6.07 Å². The van der Waals surface area contributed by atoms with Crippen molar-refractivity contribution in [2.45, 2.75) is 25.3 Å². The number of piperidine rings is 1. The number of nitrogens with zero attached hydrogens (tertiary/aromatic N) is 2. The minimum Gasteiger partial charge on any atom is -0.398 e. The summed E-state index contributed by atoms with van der Waals surface area (Å²) in [6.07, 6.45) is 4.60. The number of hydrogen-bond donors (Lipinski definition) is 5. The molecule has 31 heavy (non-hydrogen) atoms. The summed E-state index contributed by atoms with van der Waals surface area (Å²) in [5, 5.41) is 8.86. The first-order valence-corrected chi connectivity index (χ1v) is 10.8. The molecular formula is C23H26ClN7. The number of pyridine rings is 2. The SMILES string of the molecule is N=c1[nH]c(N2CCC3(CC2)Cc2ccccc2[C@H]3N)cc(N)c1-c1ccnc(N)c1Cl. The van der Waals surface area contributed by atoms with Crippen LogP contribution in [0.15, 0.2) is 42.6 Å². The Bertz CT molecular complexity index is 1210. The fourth-order valence-electron chi connectivity index (χ4n) is 5.20. The van der Waals surface area contributed by atoms with E-state index in [0.29, 0.717) is 21.8 Å². The molecule has 0 unspecified atom stereocenters. The van der Waals surface area contributed by atoms with Crippen molar-refractivity contribution in [3.05, 3.63) is 64.2 Å². The molecule has 0 radical (unpaired) electrons. The minimum atomic E-state index is 0.0771. The second kappa shape index (κ2) is 7.28. The van der Waals surface area contributed by atoms with Gasteiger partial charge in [-0.3, -0.25) is 5.41 Å². The monoisotopic (exact) mass is 435 g/mol. The van der Waals surface area contributed by atoms with Crippen LogP contribution >= 0.6 is 11.6 Å². The molecule has 1 aromatic carbocycles. The first kappa shape index (κ1) is 19.9. The lowest BCUT2D eigenvalue weighted by molar-refractivity contribution is 0.187. The molecule has 1 aliphatic carbocycles. The zero-order valence-corrected chi connectivity index (χ0v) is 17.9. The molecule has 0 saturated carbocycles. The summed E-state index contributed by atoms with van der Waals surface area (Å²) in [6, 6.07) is 12.2. The van der Waals surface area contributed by atoms with Gasteiger partial charge < -0.3 is 27.1 Å². The first-order chi connectivity index (χ1) is 14.9. The van der Waals surface area contributed by atoms with E-state index in [1.54, 1.807) is 12.3 Å². The predicted octanol–water partition coefficient (Wildman–Crippen LogP) is 3.22. The third-order valence-corrected chi connectivity index (χ3v) is 7.36. The van der Waals surface area contributed by atoms with Crippen LogP contribution < -0.4 is 27.6 Å². The molecule has 1 aliphatic heterocycles. The van der Waals surface area contributed by atoms with Gasteiger partial charge in [0.15, 0.2) is 0 Å². The smallest absolute Gasteiger partial charge is 0.142 e. The molecule has 160 valence electrons. The summed E-state index contributed by atoms with van der Waals surface area (Å²) in [7, 11) is 0. The molecule has 5 rings (SSSR count). The molecule has 3 aromatic rings.